The molecular weight excluding hydrogens is 444 g/mol. The van der Waals surface area contributed by atoms with E-state index in [4.69, 9.17) is 4.74 Å². The molecule has 7 heteroatoms. The first-order chi connectivity index (χ1) is 16.9. The van der Waals surface area contributed by atoms with Gasteiger partial charge in [-0.25, -0.2) is 4.79 Å². The molecule has 2 aliphatic carbocycles. The molecule has 1 saturated carbocycles. The van der Waals surface area contributed by atoms with Crippen molar-refractivity contribution in [2.24, 2.45) is 0 Å². The standard InChI is InChI=1S/C28H28N2O5/c1-17-25(28(32)35-22-9-5-6-10-22)26(19-11-13-21(14-12-19)30(33)34)27-23(29-17)15-20(16-24(27)31)18-7-3-2-4-8-18/h2-4,7-8,11-14,20,22,26,29H,5-6,9-10,15-16H2,1H3/t20-,26+/m1/s1. The summed E-state index contributed by atoms with van der Waals surface area (Å²) in [5.74, 6) is -1.01. The van der Waals surface area contributed by atoms with Crippen LogP contribution in [0, 0.1) is 10.1 Å². The Labute approximate surface area is 204 Å². The topological polar surface area (TPSA) is 98.5 Å². The van der Waals surface area contributed by atoms with Gasteiger partial charge >= 0.3 is 5.97 Å². The molecule has 1 aliphatic heterocycles. The summed E-state index contributed by atoms with van der Waals surface area (Å²) >= 11 is 0. The lowest BCUT2D eigenvalue weighted by atomic mass is 9.71. The van der Waals surface area contributed by atoms with Crippen LogP contribution in [0.4, 0.5) is 5.69 Å². The summed E-state index contributed by atoms with van der Waals surface area (Å²) in [6.07, 6.45) is 4.65. The molecule has 7 nitrogen and oxygen atoms in total. The molecule has 3 aliphatic rings. The van der Waals surface area contributed by atoms with Crippen LogP contribution in [0.1, 0.15) is 68.4 Å². The summed E-state index contributed by atoms with van der Waals surface area (Å²) in [7, 11) is 0. The van der Waals surface area contributed by atoms with Gasteiger partial charge in [-0.3, -0.25) is 14.9 Å². The Bertz CT molecular complexity index is 1220. The Kier molecular flexibility index (Phi) is 6.24. The molecule has 2 aromatic rings. The number of nitro benzene ring substituents is 1. The molecule has 35 heavy (non-hydrogen) atoms. The van der Waals surface area contributed by atoms with E-state index in [-0.39, 0.29) is 23.5 Å². The molecule has 0 bridgehead atoms. The van der Waals surface area contributed by atoms with Gasteiger partial charge in [-0.1, -0.05) is 42.5 Å². The number of Topliss-reactive ketones (excluding diaryl/α,β-unsaturated/α-hetero) is 1. The van der Waals surface area contributed by atoms with E-state index in [0.29, 0.717) is 35.2 Å². The molecule has 2 atom stereocenters. The fourth-order valence-corrected chi connectivity index (χ4v) is 5.61. The van der Waals surface area contributed by atoms with Crippen LogP contribution < -0.4 is 5.32 Å². The van der Waals surface area contributed by atoms with Crippen LogP contribution in [0.2, 0.25) is 0 Å². The minimum atomic E-state index is -0.620. The fourth-order valence-electron chi connectivity index (χ4n) is 5.61. The predicted octanol–water partition coefficient (Wildman–Crippen LogP) is 5.44. The Morgan fingerprint density at radius 3 is 2.34 bits per heavy atom. The number of hydrogen-bond donors (Lipinski definition) is 1. The SMILES string of the molecule is CC1=C(C(=O)OC2CCCC2)[C@H](c2ccc([N+](=O)[O-])cc2)C2=C(C[C@@H](c3ccccc3)CC2=O)N1. The molecule has 0 aromatic heterocycles. The number of ketones is 1. The molecule has 1 fully saturated rings. The van der Waals surface area contributed by atoms with Crippen molar-refractivity contribution in [2.75, 3.05) is 0 Å². The van der Waals surface area contributed by atoms with Crippen LogP contribution in [0.5, 0.6) is 0 Å². The van der Waals surface area contributed by atoms with Crippen molar-refractivity contribution >= 4 is 17.4 Å². The normalized spacial score (nSPS) is 22.6. The Morgan fingerprint density at radius 2 is 1.69 bits per heavy atom. The maximum Gasteiger partial charge on any atom is 0.337 e. The Hall–Kier alpha value is -3.74. The number of esters is 1. The van der Waals surface area contributed by atoms with Crippen LogP contribution in [-0.4, -0.2) is 22.8 Å². The van der Waals surface area contributed by atoms with E-state index in [9.17, 15) is 19.7 Å². The minimum absolute atomic E-state index is 0.0189. The van der Waals surface area contributed by atoms with Crippen molar-refractivity contribution in [1.82, 2.24) is 5.32 Å². The summed E-state index contributed by atoms with van der Waals surface area (Å²) in [5, 5.41) is 14.6. The minimum Gasteiger partial charge on any atom is -0.459 e. The third-order valence-electron chi connectivity index (χ3n) is 7.33. The second-order valence-corrected chi connectivity index (χ2v) is 9.59. The lowest BCUT2D eigenvalue weighted by Crippen LogP contribution is -2.36. The average molecular weight is 473 g/mol. The van der Waals surface area contributed by atoms with Crippen molar-refractivity contribution in [1.29, 1.82) is 0 Å². The molecule has 0 unspecified atom stereocenters. The maximum atomic E-state index is 13.6. The summed E-state index contributed by atoms with van der Waals surface area (Å²) in [6, 6.07) is 16.1. The largest absolute Gasteiger partial charge is 0.459 e. The number of rotatable bonds is 5. The molecule has 0 saturated heterocycles. The lowest BCUT2D eigenvalue weighted by Gasteiger charge is -2.37. The highest BCUT2D eigenvalue weighted by molar-refractivity contribution is 6.04. The van der Waals surface area contributed by atoms with Crippen molar-refractivity contribution < 1.29 is 19.2 Å². The van der Waals surface area contributed by atoms with Crippen molar-refractivity contribution in [3.63, 3.8) is 0 Å². The van der Waals surface area contributed by atoms with E-state index < -0.39 is 16.8 Å². The number of benzene rings is 2. The Morgan fingerprint density at radius 1 is 1.00 bits per heavy atom. The second-order valence-electron chi connectivity index (χ2n) is 9.59. The van der Waals surface area contributed by atoms with Crippen molar-refractivity contribution in [3.8, 4) is 0 Å². The first-order valence-electron chi connectivity index (χ1n) is 12.2. The molecule has 0 amide bonds. The first-order valence-corrected chi connectivity index (χ1v) is 12.2. The third-order valence-corrected chi connectivity index (χ3v) is 7.33. The smallest absolute Gasteiger partial charge is 0.337 e. The van der Waals surface area contributed by atoms with E-state index in [1.54, 1.807) is 12.1 Å². The number of nitrogens with zero attached hydrogens (tertiary/aromatic N) is 1. The van der Waals surface area contributed by atoms with E-state index >= 15 is 0 Å². The zero-order valence-corrected chi connectivity index (χ0v) is 19.7. The maximum absolute atomic E-state index is 13.6. The number of carbonyl (C=O) groups excluding carboxylic acids is 2. The monoisotopic (exact) mass is 472 g/mol. The van der Waals surface area contributed by atoms with Gasteiger partial charge in [0.25, 0.3) is 5.69 Å². The fraction of sp³-hybridized carbons (Fsp3) is 0.357. The van der Waals surface area contributed by atoms with Gasteiger partial charge in [0.15, 0.2) is 5.78 Å². The summed E-state index contributed by atoms with van der Waals surface area (Å²) in [4.78, 5) is 37.8. The molecule has 0 radical (unpaired) electrons. The zero-order chi connectivity index (χ0) is 24.5. The molecule has 1 N–H and O–H groups in total. The zero-order valence-electron chi connectivity index (χ0n) is 19.7. The van der Waals surface area contributed by atoms with Crippen molar-refractivity contribution in [3.05, 3.63) is 98.4 Å². The number of ether oxygens (including phenoxy) is 1. The van der Waals surface area contributed by atoms with Crippen LogP contribution in [0.15, 0.2) is 77.1 Å². The predicted molar refractivity (Wildman–Crippen MR) is 130 cm³/mol. The first kappa shape index (κ1) is 23.0. The van der Waals surface area contributed by atoms with Crippen LogP contribution >= 0.6 is 0 Å². The molecule has 180 valence electrons. The van der Waals surface area contributed by atoms with Gasteiger partial charge in [0.2, 0.25) is 0 Å². The van der Waals surface area contributed by atoms with E-state index in [2.05, 4.69) is 5.32 Å². The van der Waals surface area contributed by atoms with Crippen LogP contribution in [0.3, 0.4) is 0 Å². The molecule has 1 heterocycles. The quantitative estimate of drug-likeness (QED) is 0.353. The van der Waals surface area contributed by atoms with Gasteiger partial charge in [0, 0.05) is 41.4 Å². The van der Waals surface area contributed by atoms with Crippen LogP contribution in [-0.2, 0) is 14.3 Å². The molecule has 5 rings (SSSR count). The highest BCUT2D eigenvalue weighted by atomic mass is 16.6. The number of nitro groups is 1. The number of carbonyl (C=O) groups is 2. The van der Waals surface area contributed by atoms with Crippen LogP contribution in [0.25, 0.3) is 0 Å². The average Bonchev–Trinajstić information content (AvgIpc) is 3.36. The van der Waals surface area contributed by atoms with Gasteiger partial charge in [0.1, 0.15) is 6.10 Å². The van der Waals surface area contributed by atoms with E-state index in [1.165, 1.54) is 12.1 Å². The van der Waals surface area contributed by atoms with Gasteiger partial charge < -0.3 is 10.1 Å². The van der Waals surface area contributed by atoms with Gasteiger partial charge in [-0.2, -0.15) is 0 Å². The number of hydrogen-bond acceptors (Lipinski definition) is 6. The molecule has 2 aromatic carbocycles. The highest BCUT2D eigenvalue weighted by Gasteiger charge is 2.42. The number of allylic oxidation sites excluding steroid dienone is 3. The van der Waals surface area contributed by atoms with Gasteiger partial charge in [-0.15, -0.1) is 0 Å². The second kappa shape index (κ2) is 9.49. The Balaban J connectivity index is 1.55. The van der Waals surface area contributed by atoms with E-state index in [1.807, 2.05) is 37.3 Å². The summed E-state index contributed by atoms with van der Waals surface area (Å²) in [6.45, 7) is 1.84. The highest BCUT2D eigenvalue weighted by Crippen LogP contribution is 2.46. The summed E-state index contributed by atoms with van der Waals surface area (Å²) < 4.78 is 5.86. The molecular formula is C28H28N2O5. The van der Waals surface area contributed by atoms with Gasteiger partial charge in [-0.05, 0) is 56.1 Å². The van der Waals surface area contributed by atoms with Crippen molar-refractivity contribution in [2.45, 2.75) is 63.4 Å². The van der Waals surface area contributed by atoms with Gasteiger partial charge in [0.05, 0.1) is 10.5 Å². The molecule has 0 spiro atoms. The number of non-ortho nitro benzene ring substituents is 1. The number of nitrogens with one attached hydrogen (secondary N) is 1. The van der Waals surface area contributed by atoms with E-state index in [0.717, 1.165) is 36.9 Å². The summed E-state index contributed by atoms with van der Waals surface area (Å²) in [5.41, 5.74) is 4.20. The number of dihydropyridines is 1. The lowest BCUT2D eigenvalue weighted by molar-refractivity contribution is -0.384. The third kappa shape index (κ3) is 4.50.